The fourth-order valence-corrected chi connectivity index (χ4v) is 6.00. The molecule has 1 atom stereocenters. The summed E-state index contributed by atoms with van der Waals surface area (Å²) in [7, 11) is 0. The monoisotopic (exact) mass is 665 g/mol. The third-order valence-corrected chi connectivity index (χ3v) is 8.78. The second-order valence-electron chi connectivity index (χ2n) is 10.1. The molecule has 0 aliphatic heterocycles. The maximum absolute atomic E-state index is 13.1. The van der Waals surface area contributed by atoms with Crippen molar-refractivity contribution in [2.24, 2.45) is 16.7 Å². The van der Waals surface area contributed by atoms with Gasteiger partial charge >= 0.3 is 0 Å². The van der Waals surface area contributed by atoms with Crippen molar-refractivity contribution >= 4 is 16.9 Å². The number of hydrogen-bond donors (Lipinski definition) is 1. The molecule has 1 unspecified atom stereocenters. The van der Waals surface area contributed by atoms with Gasteiger partial charge in [0.25, 0.3) is 0 Å². The van der Waals surface area contributed by atoms with Crippen molar-refractivity contribution in [2.45, 2.75) is 79.1 Å². The van der Waals surface area contributed by atoms with E-state index < -0.39 is 0 Å². The van der Waals surface area contributed by atoms with Crippen molar-refractivity contribution in [2.75, 3.05) is 0 Å². The van der Waals surface area contributed by atoms with Gasteiger partial charge in [-0.15, -0.1) is 30.3 Å². The molecule has 3 aromatic rings. The zero-order valence-corrected chi connectivity index (χ0v) is 24.3. The minimum absolute atomic E-state index is 0. The van der Waals surface area contributed by atoms with Crippen molar-refractivity contribution in [1.29, 1.82) is 0 Å². The molecule has 1 fully saturated rings. The molecule has 5 heteroatoms. The molecule has 2 aliphatic rings. The van der Waals surface area contributed by atoms with Gasteiger partial charge in [-0.1, -0.05) is 45.4 Å². The molecule has 1 heterocycles. The summed E-state index contributed by atoms with van der Waals surface area (Å²) in [5.41, 5.74) is 3.05. The van der Waals surface area contributed by atoms with Crippen LogP contribution in [0.1, 0.15) is 79.1 Å². The standard InChI is InChI=1S/C18H30O2.C13H8NO.Ir/c1-5-17(6-2)11-9-13-10-12-18(7-3,8-4)16(20)14(13)15(17)19;1-2-6-10(7-3-1)13-14-11-8-4-5-9-12(11)15-13;/h13,19H,5-12H2,1-4H3;1-6,8-9H;/q;-1;. The van der Waals surface area contributed by atoms with E-state index in [-0.39, 0.29) is 36.7 Å². The maximum atomic E-state index is 13.1. The number of para-hydroxylation sites is 2. The smallest absolute Gasteiger partial charge is 0.168 e. The Morgan fingerprint density at radius 1 is 0.944 bits per heavy atom. The first-order chi connectivity index (χ1) is 16.9. The first-order valence-electron chi connectivity index (χ1n) is 13.2. The average molecular weight is 665 g/mol. The summed E-state index contributed by atoms with van der Waals surface area (Å²) in [5.74, 6) is 1.66. The van der Waals surface area contributed by atoms with Crippen LogP contribution in [0.4, 0.5) is 0 Å². The minimum atomic E-state index is -0.204. The van der Waals surface area contributed by atoms with Gasteiger partial charge < -0.3 is 9.52 Å². The number of rotatable bonds is 5. The Morgan fingerprint density at radius 3 is 2.14 bits per heavy atom. The van der Waals surface area contributed by atoms with E-state index in [0.717, 1.165) is 73.6 Å². The third kappa shape index (κ3) is 5.10. The molecule has 1 aromatic heterocycles. The molecule has 0 amide bonds. The van der Waals surface area contributed by atoms with Gasteiger partial charge in [-0.05, 0) is 69.4 Å². The Bertz CT molecular complexity index is 1160. The molecular weight excluding hydrogens is 627 g/mol. The van der Waals surface area contributed by atoms with Gasteiger partial charge in [-0.2, -0.15) is 0 Å². The van der Waals surface area contributed by atoms with Gasteiger partial charge in [0.2, 0.25) is 0 Å². The molecule has 1 radical (unpaired) electrons. The van der Waals surface area contributed by atoms with Gasteiger partial charge in [0.05, 0.1) is 5.52 Å². The second-order valence-corrected chi connectivity index (χ2v) is 10.1. The van der Waals surface area contributed by atoms with E-state index in [2.05, 4.69) is 38.7 Å². The van der Waals surface area contributed by atoms with Crippen LogP contribution in [0.15, 0.2) is 64.3 Å². The van der Waals surface area contributed by atoms with Crippen molar-refractivity contribution in [1.82, 2.24) is 4.98 Å². The van der Waals surface area contributed by atoms with E-state index in [9.17, 15) is 9.90 Å². The van der Waals surface area contributed by atoms with Crippen molar-refractivity contribution in [3.63, 3.8) is 0 Å². The number of oxazole rings is 1. The number of allylic oxidation sites excluding steroid dienone is 2. The summed E-state index contributed by atoms with van der Waals surface area (Å²) in [5, 5.41) is 10.9. The molecule has 0 bridgehead atoms. The number of carbonyl (C=O) groups excluding carboxylic acids is 1. The summed E-state index contributed by atoms with van der Waals surface area (Å²) in [6.45, 7) is 8.52. The second kappa shape index (κ2) is 11.9. The Labute approximate surface area is 228 Å². The predicted molar refractivity (Wildman–Crippen MR) is 141 cm³/mol. The molecule has 195 valence electrons. The van der Waals surface area contributed by atoms with Crippen LogP contribution in [-0.4, -0.2) is 15.9 Å². The molecule has 0 saturated heterocycles. The van der Waals surface area contributed by atoms with Crippen LogP contribution < -0.4 is 0 Å². The van der Waals surface area contributed by atoms with Crippen molar-refractivity contribution in [3.8, 4) is 11.5 Å². The van der Waals surface area contributed by atoms with Crippen LogP contribution in [0.3, 0.4) is 0 Å². The molecule has 36 heavy (non-hydrogen) atoms. The third-order valence-electron chi connectivity index (χ3n) is 8.78. The van der Waals surface area contributed by atoms with Crippen LogP contribution in [0.2, 0.25) is 0 Å². The summed E-state index contributed by atoms with van der Waals surface area (Å²) < 4.78 is 5.61. The predicted octanol–water partition coefficient (Wildman–Crippen LogP) is 8.48. The van der Waals surface area contributed by atoms with Gasteiger partial charge in [0.15, 0.2) is 5.78 Å². The number of Topliss-reactive ketones (excluding diaryl/α,β-unsaturated/α-hetero) is 1. The zero-order chi connectivity index (χ0) is 25.1. The fraction of sp³-hybridized carbons (Fsp3) is 0.484. The van der Waals surface area contributed by atoms with Gasteiger partial charge in [-0.25, -0.2) is 0 Å². The Morgan fingerprint density at radius 2 is 1.56 bits per heavy atom. The number of fused-ring (bicyclic) bond motifs is 2. The number of benzene rings is 2. The molecule has 2 aromatic carbocycles. The quantitative estimate of drug-likeness (QED) is 0.278. The summed E-state index contributed by atoms with van der Waals surface area (Å²) >= 11 is 0. The Kier molecular flexibility index (Phi) is 9.35. The normalized spacial score (nSPS) is 20.2. The van der Waals surface area contributed by atoms with Gasteiger partial charge in [0, 0.05) is 36.5 Å². The number of nitrogens with zero attached hydrogens (tertiary/aromatic N) is 1. The van der Waals surface area contributed by atoms with Crippen molar-refractivity contribution in [3.05, 3.63) is 65.9 Å². The first kappa shape index (κ1) is 28.3. The number of aliphatic hydroxyl groups is 1. The molecule has 5 rings (SSSR count). The van der Waals surface area contributed by atoms with Crippen LogP contribution in [0.25, 0.3) is 22.6 Å². The van der Waals surface area contributed by atoms with Gasteiger partial charge in [0.1, 0.15) is 17.2 Å². The first-order valence-corrected chi connectivity index (χ1v) is 13.2. The Hall–Kier alpha value is -2.23. The number of hydrogen-bond acceptors (Lipinski definition) is 4. The Balaban J connectivity index is 0.000000202. The molecule has 1 N–H and O–H groups in total. The topological polar surface area (TPSA) is 63.3 Å². The van der Waals surface area contributed by atoms with Crippen LogP contribution in [0, 0.1) is 22.8 Å². The molecule has 0 spiro atoms. The summed E-state index contributed by atoms with van der Waals surface area (Å²) in [6, 6.07) is 18.5. The molecular formula is C31H38IrNO3-. The van der Waals surface area contributed by atoms with E-state index in [1.54, 1.807) is 0 Å². The molecule has 2 aliphatic carbocycles. The molecule has 4 nitrogen and oxygen atoms in total. The largest absolute Gasteiger partial charge is 0.511 e. The number of aromatic nitrogens is 1. The number of carbonyl (C=O) groups is 1. The van der Waals surface area contributed by atoms with E-state index in [1.807, 2.05) is 48.5 Å². The van der Waals surface area contributed by atoms with Crippen LogP contribution >= 0.6 is 0 Å². The van der Waals surface area contributed by atoms with Crippen LogP contribution in [0.5, 0.6) is 0 Å². The summed E-state index contributed by atoms with van der Waals surface area (Å²) in [4.78, 5) is 17.4. The fourth-order valence-electron chi connectivity index (χ4n) is 6.00. The SMILES string of the molecule is CCC1(CC)CCC2CCC(CC)(CC)C(O)=C2C1=O.[Ir].[c-]1ccccc1-c1nc2ccccc2o1. The zero-order valence-electron chi connectivity index (χ0n) is 21.9. The van der Waals surface area contributed by atoms with E-state index in [4.69, 9.17) is 4.42 Å². The average Bonchev–Trinajstić information content (AvgIpc) is 3.35. The number of ketones is 1. The van der Waals surface area contributed by atoms with Crippen molar-refractivity contribution < 1.29 is 34.4 Å². The van der Waals surface area contributed by atoms with E-state index in [0.29, 0.717) is 17.6 Å². The maximum Gasteiger partial charge on any atom is 0.168 e. The minimum Gasteiger partial charge on any atom is -0.511 e. The van der Waals surface area contributed by atoms with E-state index in [1.165, 1.54) is 0 Å². The van der Waals surface area contributed by atoms with Gasteiger partial charge in [-0.3, -0.25) is 9.78 Å². The summed E-state index contributed by atoms with van der Waals surface area (Å²) in [6.07, 6.45) is 7.87. The number of aliphatic hydroxyl groups excluding tert-OH is 1. The van der Waals surface area contributed by atoms with Crippen LogP contribution in [-0.2, 0) is 24.9 Å². The molecule has 1 saturated carbocycles. The van der Waals surface area contributed by atoms with E-state index >= 15 is 0 Å².